The molecule has 2 saturated carbocycles. The van der Waals surface area contributed by atoms with Crippen molar-refractivity contribution < 1.29 is 4.79 Å². The second-order valence-corrected chi connectivity index (χ2v) is 8.21. The van der Waals surface area contributed by atoms with E-state index in [2.05, 4.69) is 34.3 Å². The molecule has 1 heterocycles. The lowest BCUT2D eigenvalue weighted by molar-refractivity contribution is -0.121. The highest BCUT2D eigenvalue weighted by Crippen LogP contribution is 2.47. The van der Waals surface area contributed by atoms with E-state index in [9.17, 15) is 4.79 Å². The second-order valence-electron chi connectivity index (χ2n) is 8.21. The van der Waals surface area contributed by atoms with Gasteiger partial charge in [-0.3, -0.25) is 9.69 Å². The van der Waals surface area contributed by atoms with Crippen LogP contribution in [0.25, 0.3) is 0 Å². The second kappa shape index (κ2) is 7.06. The van der Waals surface area contributed by atoms with E-state index in [4.69, 9.17) is 5.73 Å². The summed E-state index contributed by atoms with van der Waals surface area (Å²) in [5, 5.41) is 3.14. The lowest BCUT2D eigenvalue weighted by atomic mass is 9.84. The molecule has 5 heteroatoms. The number of benzene rings is 1. The number of anilines is 1. The standard InChI is InChI=1S/C20H30N4O/c1-23-7-9-24(10-8-23)13-14-3-2-4-17(11-14)22-20(25)18-15-5-6-16(12-15)19(18)21/h2-4,11,15-16,18-19H,5-10,12-13,21H2,1H3,(H,22,25). The van der Waals surface area contributed by atoms with Crippen LogP contribution < -0.4 is 11.1 Å². The zero-order chi connectivity index (χ0) is 17.4. The Balaban J connectivity index is 1.37. The van der Waals surface area contributed by atoms with E-state index in [1.807, 2.05) is 12.1 Å². The molecule has 0 aromatic heterocycles. The van der Waals surface area contributed by atoms with Gasteiger partial charge in [0.05, 0.1) is 5.92 Å². The van der Waals surface area contributed by atoms with E-state index in [0.717, 1.165) is 44.8 Å². The molecule has 136 valence electrons. The molecule has 2 bridgehead atoms. The normalized spacial score (nSPS) is 32.9. The fourth-order valence-electron chi connectivity index (χ4n) is 4.96. The molecule has 0 spiro atoms. The smallest absolute Gasteiger partial charge is 0.229 e. The lowest BCUT2D eigenvalue weighted by Crippen LogP contribution is -2.43. The molecule has 3 fully saturated rings. The van der Waals surface area contributed by atoms with Crippen molar-refractivity contribution in [2.45, 2.75) is 31.8 Å². The number of likely N-dealkylation sites (N-methyl/N-ethyl adjacent to an activating group) is 1. The van der Waals surface area contributed by atoms with Gasteiger partial charge in [0.15, 0.2) is 0 Å². The molecular formula is C20H30N4O. The van der Waals surface area contributed by atoms with Gasteiger partial charge in [-0.2, -0.15) is 0 Å². The minimum Gasteiger partial charge on any atom is -0.327 e. The minimum atomic E-state index is 0.0000350. The average Bonchev–Trinajstić information content (AvgIpc) is 3.18. The molecule has 25 heavy (non-hydrogen) atoms. The van der Waals surface area contributed by atoms with Gasteiger partial charge in [-0.15, -0.1) is 0 Å². The Kier molecular flexibility index (Phi) is 4.80. The molecule has 4 atom stereocenters. The van der Waals surface area contributed by atoms with Crippen molar-refractivity contribution in [2.75, 3.05) is 38.5 Å². The first kappa shape index (κ1) is 17.0. The van der Waals surface area contributed by atoms with E-state index in [1.54, 1.807) is 0 Å². The Morgan fingerprint density at radius 2 is 1.96 bits per heavy atom. The van der Waals surface area contributed by atoms with E-state index in [0.29, 0.717) is 11.8 Å². The van der Waals surface area contributed by atoms with Gasteiger partial charge in [0.25, 0.3) is 0 Å². The van der Waals surface area contributed by atoms with Crippen molar-refractivity contribution in [3.05, 3.63) is 29.8 Å². The van der Waals surface area contributed by atoms with Crippen LogP contribution in [0.3, 0.4) is 0 Å². The van der Waals surface area contributed by atoms with Crippen LogP contribution in [-0.2, 0) is 11.3 Å². The number of nitrogens with one attached hydrogen (secondary N) is 1. The number of fused-ring (bicyclic) bond motifs is 2. The van der Waals surface area contributed by atoms with Gasteiger partial charge in [-0.05, 0) is 55.8 Å². The summed E-state index contributed by atoms with van der Waals surface area (Å²) < 4.78 is 0. The summed E-state index contributed by atoms with van der Waals surface area (Å²) >= 11 is 0. The van der Waals surface area contributed by atoms with Crippen LogP contribution in [0.1, 0.15) is 24.8 Å². The fourth-order valence-corrected chi connectivity index (χ4v) is 4.96. The summed E-state index contributed by atoms with van der Waals surface area (Å²) in [5.74, 6) is 1.18. The molecule has 1 aromatic carbocycles. The first-order valence-electron chi connectivity index (χ1n) is 9.66. The average molecular weight is 342 g/mol. The van der Waals surface area contributed by atoms with E-state index >= 15 is 0 Å². The summed E-state index contributed by atoms with van der Waals surface area (Å²) in [6.07, 6.45) is 3.51. The Hall–Kier alpha value is -1.43. The summed E-state index contributed by atoms with van der Waals surface area (Å²) in [6.45, 7) is 5.41. The molecule has 4 rings (SSSR count). The maximum atomic E-state index is 12.7. The van der Waals surface area contributed by atoms with Gasteiger partial charge < -0.3 is 16.0 Å². The van der Waals surface area contributed by atoms with Crippen LogP contribution >= 0.6 is 0 Å². The number of nitrogens with zero attached hydrogens (tertiary/aromatic N) is 2. The van der Waals surface area contributed by atoms with Crippen molar-refractivity contribution >= 4 is 11.6 Å². The van der Waals surface area contributed by atoms with Gasteiger partial charge in [-0.25, -0.2) is 0 Å². The molecule has 1 amide bonds. The third kappa shape index (κ3) is 3.59. The highest BCUT2D eigenvalue weighted by Gasteiger charge is 2.49. The summed E-state index contributed by atoms with van der Waals surface area (Å²) in [4.78, 5) is 17.6. The van der Waals surface area contributed by atoms with Crippen LogP contribution in [0.4, 0.5) is 5.69 Å². The van der Waals surface area contributed by atoms with Crippen molar-refractivity contribution in [1.29, 1.82) is 0 Å². The maximum Gasteiger partial charge on any atom is 0.229 e. The highest BCUT2D eigenvalue weighted by molar-refractivity contribution is 5.93. The summed E-state index contributed by atoms with van der Waals surface area (Å²) in [5.41, 5.74) is 8.48. The van der Waals surface area contributed by atoms with Gasteiger partial charge in [0.1, 0.15) is 0 Å². The largest absolute Gasteiger partial charge is 0.327 e. The third-order valence-corrected chi connectivity index (χ3v) is 6.48. The first-order valence-corrected chi connectivity index (χ1v) is 9.66. The maximum absolute atomic E-state index is 12.7. The van der Waals surface area contributed by atoms with Crippen molar-refractivity contribution in [2.24, 2.45) is 23.5 Å². The quantitative estimate of drug-likeness (QED) is 0.875. The summed E-state index contributed by atoms with van der Waals surface area (Å²) in [6, 6.07) is 8.35. The predicted molar refractivity (Wildman–Crippen MR) is 100 cm³/mol. The monoisotopic (exact) mass is 342 g/mol. The molecule has 3 N–H and O–H groups in total. The lowest BCUT2D eigenvalue weighted by Gasteiger charge is -2.32. The van der Waals surface area contributed by atoms with E-state index < -0.39 is 0 Å². The van der Waals surface area contributed by atoms with Gasteiger partial charge in [-0.1, -0.05) is 12.1 Å². The van der Waals surface area contributed by atoms with Gasteiger partial charge >= 0.3 is 0 Å². The Morgan fingerprint density at radius 1 is 1.20 bits per heavy atom. The minimum absolute atomic E-state index is 0.0000350. The number of hydrogen-bond acceptors (Lipinski definition) is 4. The number of piperazine rings is 1. The van der Waals surface area contributed by atoms with E-state index in [1.165, 1.54) is 18.4 Å². The third-order valence-electron chi connectivity index (χ3n) is 6.48. The zero-order valence-corrected chi connectivity index (χ0v) is 15.2. The number of amides is 1. The van der Waals surface area contributed by atoms with Crippen LogP contribution in [0, 0.1) is 17.8 Å². The number of nitrogens with two attached hydrogens (primary N) is 1. The van der Waals surface area contributed by atoms with Crippen molar-refractivity contribution in [3.8, 4) is 0 Å². The molecular weight excluding hydrogens is 312 g/mol. The first-order chi connectivity index (χ1) is 12.1. The van der Waals surface area contributed by atoms with Gasteiger partial charge in [0.2, 0.25) is 5.91 Å². The SMILES string of the molecule is CN1CCN(Cc2cccc(NC(=O)C3C4CCC(C4)C3N)c2)CC1. The Bertz CT molecular complexity index is 624. The fraction of sp³-hybridized carbons (Fsp3) is 0.650. The number of hydrogen-bond donors (Lipinski definition) is 2. The van der Waals surface area contributed by atoms with Gasteiger partial charge in [0, 0.05) is 44.5 Å². The van der Waals surface area contributed by atoms with Crippen LogP contribution in [0.15, 0.2) is 24.3 Å². The molecule has 4 unspecified atom stereocenters. The molecule has 1 aliphatic heterocycles. The number of carbonyl (C=O) groups is 1. The molecule has 0 radical (unpaired) electrons. The van der Waals surface area contributed by atoms with Crippen LogP contribution in [0.5, 0.6) is 0 Å². The molecule has 3 aliphatic rings. The molecule has 1 saturated heterocycles. The highest BCUT2D eigenvalue weighted by atomic mass is 16.2. The number of carbonyl (C=O) groups excluding carboxylic acids is 1. The number of rotatable bonds is 4. The Morgan fingerprint density at radius 3 is 2.68 bits per heavy atom. The van der Waals surface area contributed by atoms with Crippen molar-refractivity contribution in [3.63, 3.8) is 0 Å². The van der Waals surface area contributed by atoms with Crippen LogP contribution in [-0.4, -0.2) is 55.0 Å². The molecule has 5 nitrogen and oxygen atoms in total. The topological polar surface area (TPSA) is 61.6 Å². The predicted octanol–water partition coefficient (Wildman–Crippen LogP) is 1.75. The van der Waals surface area contributed by atoms with Crippen LogP contribution in [0.2, 0.25) is 0 Å². The van der Waals surface area contributed by atoms with Crippen molar-refractivity contribution in [1.82, 2.24) is 9.80 Å². The molecule has 1 aromatic rings. The summed E-state index contributed by atoms with van der Waals surface area (Å²) in [7, 11) is 2.17. The molecule has 2 aliphatic carbocycles. The van der Waals surface area contributed by atoms with E-state index in [-0.39, 0.29) is 17.9 Å². The zero-order valence-electron chi connectivity index (χ0n) is 15.2. The Labute approximate surface area is 150 Å².